The Morgan fingerprint density at radius 3 is 2.68 bits per heavy atom. The molecule has 0 spiro atoms. The van der Waals surface area contributed by atoms with E-state index < -0.39 is 0 Å². The maximum absolute atomic E-state index is 12.3. The van der Waals surface area contributed by atoms with Gasteiger partial charge in [-0.2, -0.15) is 5.26 Å². The highest BCUT2D eigenvalue weighted by atomic mass is 16.2. The molecule has 0 radical (unpaired) electrons. The van der Waals surface area contributed by atoms with Crippen LogP contribution in [-0.4, -0.2) is 17.9 Å². The topological polar surface area (TPSA) is 44.1 Å². The number of nitriles is 1. The molecule has 2 rings (SSSR count). The zero-order valence-corrected chi connectivity index (χ0v) is 11.2. The van der Waals surface area contributed by atoms with E-state index in [1.165, 1.54) is 0 Å². The Kier molecular flexibility index (Phi) is 4.35. The first-order chi connectivity index (χ1) is 9.20. The number of hydrogen-bond donors (Lipinski definition) is 0. The normalized spacial score (nSPS) is 17.8. The van der Waals surface area contributed by atoms with E-state index >= 15 is 0 Å². The molecule has 0 fully saturated rings. The fraction of sp³-hybridized carbons (Fsp3) is 0.375. The largest absolute Gasteiger partial charge is 0.341 e. The van der Waals surface area contributed by atoms with Crippen LogP contribution in [0.2, 0.25) is 0 Å². The van der Waals surface area contributed by atoms with E-state index in [4.69, 9.17) is 5.26 Å². The van der Waals surface area contributed by atoms with Crippen molar-refractivity contribution in [2.24, 2.45) is 5.92 Å². The van der Waals surface area contributed by atoms with E-state index in [0.717, 1.165) is 24.8 Å². The van der Waals surface area contributed by atoms with Crippen LogP contribution in [0, 0.1) is 17.2 Å². The summed E-state index contributed by atoms with van der Waals surface area (Å²) in [5, 5.41) is 8.75. The van der Waals surface area contributed by atoms with E-state index in [9.17, 15) is 4.79 Å². The van der Waals surface area contributed by atoms with Crippen molar-refractivity contribution in [3.05, 3.63) is 47.5 Å². The minimum atomic E-state index is 0.133. The molecule has 0 bridgehead atoms. The Hall–Kier alpha value is -2.08. The number of benzene rings is 1. The lowest BCUT2D eigenvalue weighted by atomic mass is 9.93. The van der Waals surface area contributed by atoms with Crippen LogP contribution in [0.15, 0.2) is 36.4 Å². The maximum atomic E-state index is 12.3. The van der Waals surface area contributed by atoms with Crippen molar-refractivity contribution in [2.75, 3.05) is 7.05 Å². The van der Waals surface area contributed by atoms with Crippen molar-refractivity contribution in [3.63, 3.8) is 0 Å². The number of carbonyl (C=O) groups excluding carboxylic acids is 1. The molecule has 0 aromatic heterocycles. The average molecular weight is 254 g/mol. The third kappa shape index (κ3) is 3.45. The molecule has 1 aromatic carbocycles. The van der Waals surface area contributed by atoms with E-state index in [2.05, 4.69) is 18.2 Å². The highest BCUT2D eigenvalue weighted by Crippen LogP contribution is 2.20. The van der Waals surface area contributed by atoms with Gasteiger partial charge in [-0.1, -0.05) is 24.3 Å². The van der Waals surface area contributed by atoms with Crippen molar-refractivity contribution in [3.8, 4) is 6.07 Å². The van der Waals surface area contributed by atoms with Gasteiger partial charge in [-0.15, -0.1) is 0 Å². The lowest BCUT2D eigenvalue weighted by molar-refractivity contribution is -0.135. The molecule has 1 aliphatic rings. The van der Waals surface area contributed by atoms with Gasteiger partial charge in [0.25, 0.3) is 0 Å². The molecule has 19 heavy (non-hydrogen) atoms. The molecule has 98 valence electrons. The molecule has 0 heterocycles. The Bertz CT molecular complexity index is 511. The molecular weight excluding hydrogens is 236 g/mol. The number of allylic oxidation sites excluding steroid dienone is 2. The Morgan fingerprint density at radius 2 is 2.11 bits per heavy atom. The smallest absolute Gasteiger partial charge is 0.226 e. The van der Waals surface area contributed by atoms with Crippen molar-refractivity contribution >= 4 is 5.91 Å². The number of carbonyl (C=O) groups is 1. The first-order valence-electron chi connectivity index (χ1n) is 6.59. The predicted molar refractivity (Wildman–Crippen MR) is 74.1 cm³/mol. The summed E-state index contributed by atoms with van der Waals surface area (Å²) in [6, 6.07) is 9.48. The van der Waals surface area contributed by atoms with Crippen LogP contribution in [0.1, 0.15) is 30.4 Å². The van der Waals surface area contributed by atoms with E-state index in [1.807, 2.05) is 19.2 Å². The minimum Gasteiger partial charge on any atom is -0.341 e. The van der Waals surface area contributed by atoms with E-state index in [-0.39, 0.29) is 11.8 Å². The monoisotopic (exact) mass is 254 g/mol. The van der Waals surface area contributed by atoms with Crippen LogP contribution in [-0.2, 0) is 11.3 Å². The van der Waals surface area contributed by atoms with Gasteiger partial charge in [-0.25, -0.2) is 0 Å². The van der Waals surface area contributed by atoms with Crippen molar-refractivity contribution in [2.45, 2.75) is 25.8 Å². The fourth-order valence-corrected chi connectivity index (χ4v) is 2.37. The van der Waals surface area contributed by atoms with Crippen LogP contribution in [0.5, 0.6) is 0 Å². The summed E-state index contributed by atoms with van der Waals surface area (Å²) >= 11 is 0. The molecular formula is C16H18N2O. The predicted octanol–water partition coefficient (Wildman–Crippen LogP) is 2.87. The van der Waals surface area contributed by atoms with Crippen molar-refractivity contribution in [1.29, 1.82) is 5.26 Å². The van der Waals surface area contributed by atoms with Gasteiger partial charge in [0.2, 0.25) is 5.91 Å². The lowest BCUT2D eigenvalue weighted by Crippen LogP contribution is -2.32. The van der Waals surface area contributed by atoms with Gasteiger partial charge in [0.15, 0.2) is 0 Å². The van der Waals surface area contributed by atoms with Gasteiger partial charge < -0.3 is 4.90 Å². The molecule has 3 nitrogen and oxygen atoms in total. The summed E-state index contributed by atoms with van der Waals surface area (Å²) in [5.41, 5.74) is 1.70. The first-order valence-corrected chi connectivity index (χ1v) is 6.59. The molecule has 0 saturated carbocycles. The third-order valence-electron chi connectivity index (χ3n) is 3.50. The van der Waals surface area contributed by atoms with Gasteiger partial charge in [0, 0.05) is 19.5 Å². The fourth-order valence-electron chi connectivity index (χ4n) is 2.37. The summed E-state index contributed by atoms with van der Waals surface area (Å²) in [7, 11) is 1.85. The van der Waals surface area contributed by atoms with Gasteiger partial charge in [-0.05, 0) is 37.0 Å². The minimum absolute atomic E-state index is 0.133. The average Bonchev–Trinajstić information content (AvgIpc) is 2.48. The van der Waals surface area contributed by atoms with Crippen LogP contribution in [0.4, 0.5) is 0 Å². The van der Waals surface area contributed by atoms with Crippen molar-refractivity contribution < 1.29 is 4.79 Å². The molecule has 1 aliphatic carbocycles. The van der Waals surface area contributed by atoms with Gasteiger partial charge >= 0.3 is 0 Å². The highest BCUT2D eigenvalue weighted by molar-refractivity contribution is 5.78. The summed E-state index contributed by atoms with van der Waals surface area (Å²) in [4.78, 5) is 14.0. The Labute approximate surface area is 114 Å². The van der Waals surface area contributed by atoms with Crippen LogP contribution < -0.4 is 0 Å². The van der Waals surface area contributed by atoms with Crippen LogP contribution >= 0.6 is 0 Å². The van der Waals surface area contributed by atoms with E-state index in [1.54, 1.807) is 17.0 Å². The third-order valence-corrected chi connectivity index (χ3v) is 3.50. The second kappa shape index (κ2) is 6.19. The number of rotatable bonds is 3. The zero-order valence-electron chi connectivity index (χ0n) is 11.2. The maximum Gasteiger partial charge on any atom is 0.226 e. The molecule has 1 unspecified atom stereocenters. The number of amides is 1. The standard InChI is InChI=1S/C16H18N2O/c1-18(16(19)15-5-3-2-4-6-15)12-14-9-7-13(11-17)8-10-14/h2-3,7-10,15H,4-6,12H2,1H3. The van der Waals surface area contributed by atoms with Crippen LogP contribution in [0.3, 0.4) is 0 Å². The SMILES string of the molecule is CN(Cc1ccc(C#N)cc1)C(=O)C1CC=CCC1. The molecule has 1 amide bonds. The molecule has 0 saturated heterocycles. The highest BCUT2D eigenvalue weighted by Gasteiger charge is 2.21. The number of nitrogens with zero attached hydrogens (tertiary/aromatic N) is 2. The van der Waals surface area contributed by atoms with Crippen LogP contribution in [0.25, 0.3) is 0 Å². The molecule has 1 atom stereocenters. The summed E-state index contributed by atoms with van der Waals surface area (Å²) in [6.45, 7) is 0.602. The summed E-state index contributed by atoms with van der Waals surface area (Å²) in [5.74, 6) is 0.349. The van der Waals surface area contributed by atoms with E-state index in [0.29, 0.717) is 12.1 Å². The molecule has 0 N–H and O–H groups in total. The zero-order chi connectivity index (χ0) is 13.7. The van der Waals surface area contributed by atoms with Gasteiger partial charge in [0.05, 0.1) is 11.6 Å². The second-order valence-electron chi connectivity index (χ2n) is 4.98. The summed E-state index contributed by atoms with van der Waals surface area (Å²) < 4.78 is 0. The van der Waals surface area contributed by atoms with Gasteiger partial charge in [-0.3, -0.25) is 4.79 Å². The molecule has 1 aromatic rings. The first kappa shape index (κ1) is 13.4. The van der Waals surface area contributed by atoms with Gasteiger partial charge in [0.1, 0.15) is 0 Å². The Balaban J connectivity index is 1.96. The number of hydrogen-bond acceptors (Lipinski definition) is 2. The summed E-state index contributed by atoms with van der Waals surface area (Å²) in [6.07, 6.45) is 7.05. The lowest BCUT2D eigenvalue weighted by Gasteiger charge is -2.24. The quantitative estimate of drug-likeness (QED) is 0.778. The van der Waals surface area contributed by atoms with Crippen molar-refractivity contribution in [1.82, 2.24) is 4.90 Å². The Morgan fingerprint density at radius 1 is 1.37 bits per heavy atom. The second-order valence-corrected chi connectivity index (χ2v) is 4.98. The molecule has 3 heteroatoms. The molecule has 0 aliphatic heterocycles.